The Morgan fingerprint density at radius 1 is 1.33 bits per heavy atom. The van der Waals surface area contributed by atoms with Crippen molar-refractivity contribution in [1.29, 1.82) is 0 Å². The van der Waals surface area contributed by atoms with E-state index in [0.717, 1.165) is 22.4 Å². The molecule has 0 aliphatic rings. The number of imidazole rings is 1. The van der Waals surface area contributed by atoms with Crippen LogP contribution in [0.2, 0.25) is 0 Å². The first-order valence-electron chi connectivity index (χ1n) is 5.74. The van der Waals surface area contributed by atoms with Gasteiger partial charge in [-0.3, -0.25) is 0 Å². The maximum Gasteiger partial charge on any atom is 0.137 e. The van der Waals surface area contributed by atoms with E-state index in [9.17, 15) is 0 Å². The smallest absolute Gasteiger partial charge is 0.137 e. The predicted molar refractivity (Wildman–Crippen MR) is 67.7 cm³/mol. The number of aryl methyl sites for hydroxylation is 1. The number of nitrogens with two attached hydrogens (primary N) is 1. The van der Waals surface area contributed by atoms with Crippen LogP contribution in [-0.2, 0) is 20.1 Å². The normalized spacial score (nSPS) is 11.2. The van der Waals surface area contributed by atoms with Crippen LogP contribution in [0.25, 0.3) is 11.0 Å². The Morgan fingerprint density at radius 3 is 2.94 bits per heavy atom. The number of fused-ring (bicyclic) bond motifs is 1. The van der Waals surface area contributed by atoms with Gasteiger partial charge in [-0.15, -0.1) is 0 Å². The van der Waals surface area contributed by atoms with Crippen molar-refractivity contribution in [3.8, 4) is 0 Å². The second kappa shape index (κ2) is 4.23. The number of benzene rings is 1. The fourth-order valence-electron chi connectivity index (χ4n) is 2.01. The van der Waals surface area contributed by atoms with E-state index >= 15 is 0 Å². The highest BCUT2D eigenvalue weighted by Crippen LogP contribution is 2.17. The average Bonchev–Trinajstić information content (AvgIpc) is 2.99. The lowest BCUT2D eigenvalue weighted by atomic mass is 10.2. The zero-order chi connectivity index (χ0) is 12.5. The van der Waals surface area contributed by atoms with Crippen molar-refractivity contribution in [2.75, 3.05) is 0 Å². The molecule has 0 aliphatic carbocycles. The largest absolute Gasteiger partial charge is 0.330 e. The van der Waals surface area contributed by atoms with E-state index in [1.165, 1.54) is 6.33 Å². The Bertz CT molecular complexity index is 667. The number of hydrogen-bond donors (Lipinski definition) is 1. The summed E-state index contributed by atoms with van der Waals surface area (Å²) >= 11 is 0. The van der Waals surface area contributed by atoms with Crippen molar-refractivity contribution >= 4 is 11.0 Å². The second-order valence-corrected chi connectivity index (χ2v) is 4.21. The molecule has 18 heavy (non-hydrogen) atoms. The SMILES string of the molecule is Cn1c(Cn2cncn2)nc2ccc(CN)cc21. The monoisotopic (exact) mass is 242 g/mol. The van der Waals surface area contributed by atoms with Crippen LogP contribution in [0.4, 0.5) is 0 Å². The van der Waals surface area contributed by atoms with Crippen molar-refractivity contribution in [2.24, 2.45) is 12.8 Å². The van der Waals surface area contributed by atoms with E-state index in [-0.39, 0.29) is 0 Å². The van der Waals surface area contributed by atoms with Crippen LogP contribution in [0.15, 0.2) is 30.9 Å². The molecule has 0 fully saturated rings. The molecule has 0 radical (unpaired) electrons. The van der Waals surface area contributed by atoms with Gasteiger partial charge in [0.25, 0.3) is 0 Å². The van der Waals surface area contributed by atoms with E-state index in [2.05, 4.69) is 25.7 Å². The van der Waals surface area contributed by atoms with Crippen molar-refractivity contribution in [1.82, 2.24) is 24.3 Å². The number of aromatic nitrogens is 5. The third kappa shape index (κ3) is 1.76. The van der Waals surface area contributed by atoms with E-state index in [1.54, 1.807) is 11.0 Å². The van der Waals surface area contributed by atoms with Crippen molar-refractivity contribution in [3.63, 3.8) is 0 Å². The second-order valence-electron chi connectivity index (χ2n) is 4.21. The van der Waals surface area contributed by atoms with Gasteiger partial charge in [0.05, 0.1) is 11.0 Å². The molecule has 0 saturated carbocycles. The van der Waals surface area contributed by atoms with Gasteiger partial charge in [-0.05, 0) is 17.7 Å². The molecule has 0 saturated heterocycles. The Labute approximate surface area is 104 Å². The third-order valence-electron chi connectivity index (χ3n) is 3.04. The van der Waals surface area contributed by atoms with Gasteiger partial charge in [0, 0.05) is 13.6 Å². The molecule has 0 spiro atoms. The molecule has 3 rings (SSSR count). The average molecular weight is 242 g/mol. The topological polar surface area (TPSA) is 74.5 Å². The fourth-order valence-corrected chi connectivity index (χ4v) is 2.01. The van der Waals surface area contributed by atoms with Crippen molar-refractivity contribution in [2.45, 2.75) is 13.1 Å². The molecule has 2 heterocycles. The molecule has 0 atom stereocenters. The Hall–Kier alpha value is -2.21. The van der Waals surface area contributed by atoms with E-state index in [1.807, 2.05) is 19.2 Å². The first-order valence-corrected chi connectivity index (χ1v) is 5.74. The summed E-state index contributed by atoms with van der Waals surface area (Å²) < 4.78 is 3.82. The van der Waals surface area contributed by atoms with Gasteiger partial charge in [-0.2, -0.15) is 5.10 Å². The molecule has 0 bridgehead atoms. The molecular weight excluding hydrogens is 228 g/mol. The first-order chi connectivity index (χ1) is 8.78. The minimum absolute atomic E-state index is 0.541. The standard InChI is InChI=1S/C12H14N6/c1-17-11-4-9(5-13)2-3-10(11)16-12(17)6-18-8-14-7-15-18/h2-4,7-8H,5-6,13H2,1H3. The molecule has 1 aromatic carbocycles. The highest BCUT2D eigenvalue weighted by Gasteiger charge is 2.08. The van der Waals surface area contributed by atoms with Crippen LogP contribution in [0.5, 0.6) is 0 Å². The molecule has 3 aromatic rings. The number of hydrogen-bond acceptors (Lipinski definition) is 4. The minimum atomic E-state index is 0.541. The zero-order valence-electron chi connectivity index (χ0n) is 10.1. The lowest BCUT2D eigenvalue weighted by Crippen LogP contribution is -2.06. The minimum Gasteiger partial charge on any atom is -0.330 e. The van der Waals surface area contributed by atoms with E-state index in [0.29, 0.717) is 13.1 Å². The highest BCUT2D eigenvalue weighted by molar-refractivity contribution is 5.76. The van der Waals surface area contributed by atoms with Gasteiger partial charge < -0.3 is 10.3 Å². The fraction of sp³-hybridized carbons (Fsp3) is 0.250. The summed E-state index contributed by atoms with van der Waals surface area (Å²) in [5, 5.41) is 4.09. The summed E-state index contributed by atoms with van der Waals surface area (Å²) in [5.41, 5.74) is 8.83. The van der Waals surface area contributed by atoms with Gasteiger partial charge >= 0.3 is 0 Å². The molecule has 92 valence electrons. The highest BCUT2D eigenvalue weighted by atomic mass is 15.3. The summed E-state index contributed by atoms with van der Waals surface area (Å²) in [4.78, 5) is 8.52. The molecular formula is C12H14N6. The van der Waals surface area contributed by atoms with Crippen LogP contribution in [0.3, 0.4) is 0 Å². The molecule has 2 aromatic heterocycles. The molecule has 2 N–H and O–H groups in total. The Kier molecular flexibility index (Phi) is 2.56. The summed E-state index contributed by atoms with van der Waals surface area (Å²) in [5.74, 6) is 0.949. The Balaban J connectivity index is 2.05. The van der Waals surface area contributed by atoms with Crippen LogP contribution in [0, 0.1) is 0 Å². The van der Waals surface area contributed by atoms with Crippen molar-refractivity contribution < 1.29 is 0 Å². The zero-order valence-corrected chi connectivity index (χ0v) is 10.1. The maximum atomic E-state index is 5.66. The quantitative estimate of drug-likeness (QED) is 0.732. The lowest BCUT2D eigenvalue weighted by molar-refractivity contribution is 0.635. The predicted octanol–water partition coefficient (Wildman–Crippen LogP) is 0.672. The molecule has 0 unspecified atom stereocenters. The van der Waals surface area contributed by atoms with E-state index in [4.69, 9.17) is 5.73 Å². The molecule has 0 aliphatic heterocycles. The molecule has 6 heteroatoms. The third-order valence-corrected chi connectivity index (χ3v) is 3.04. The number of nitrogens with zero attached hydrogens (tertiary/aromatic N) is 5. The van der Waals surface area contributed by atoms with Gasteiger partial charge in [0.2, 0.25) is 0 Å². The first kappa shape index (κ1) is 10.9. The van der Waals surface area contributed by atoms with Gasteiger partial charge in [-0.25, -0.2) is 14.6 Å². The van der Waals surface area contributed by atoms with Crippen LogP contribution < -0.4 is 5.73 Å². The Morgan fingerprint density at radius 2 is 2.22 bits per heavy atom. The summed E-state index contributed by atoms with van der Waals surface area (Å²) in [6.45, 7) is 1.16. The summed E-state index contributed by atoms with van der Waals surface area (Å²) in [6.07, 6.45) is 3.21. The van der Waals surface area contributed by atoms with Crippen molar-refractivity contribution in [3.05, 3.63) is 42.2 Å². The lowest BCUT2D eigenvalue weighted by Gasteiger charge is -2.02. The maximum absolute atomic E-state index is 5.66. The van der Waals surface area contributed by atoms with Gasteiger partial charge in [0.1, 0.15) is 25.0 Å². The summed E-state index contributed by atoms with van der Waals surface area (Å²) in [7, 11) is 2.00. The van der Waals surface area contributed by atoms with Gasteiger partial charge in [-0.1, -0.05) is 6.07 Å². The summed E-state index contributed by atoms with van der Waals surface area (Å²) in [6, 6.07) is 6.09. The van der Waals surface area contributed by atoms with Crippen LogP contribution in [0.1, 0.15) is 11.4 Å². The van der Waals surface area contributed by atoms with Crippen LogP contribution in [-0.4, -0.2) is 24.3 Å². The van der Waals surface area contributed by atoms with Crippen LogP contribution >= 0.6 is 0 Å². The van der Waals surface area contributed by atoms with Gasteiger partial charge in [0.15, 0.2) is 0 Å². The van der Waals surface area contributed by atoms with E-state index < -0.39 is 0 Å². The number of rotatable bonds is 3. The molecule has 0 amide bonds. The molecule has 6 nitrogen and oxygen atoms in total.